The Balaban J connectivity index is 1.38. The van der Waals surface area contributed by atoms with Crippen LogP contribution in [0.2, 0.25) is 0 Å². The summed E-state index contributed by atoms with van der Waals surface area (Å²) in [6.07, 6.45) is 3.17. The number of anilines is 1. The van der Waals surface area contributed by atoms with E-state index in [1.807, 2.05) is 27.3 Å². The molecule has 148 valence electrons. The molecule has 0 radical (unpaired) electrons. The van der Waals surface area contributed by atoms with Crippen LogP contribution in [-0.4, -0.2) is 60.9 Å². The lowest BCUT2D eigenvalue weighted by atomic mass is 9.96. The molecule has 1 aromatic carbocycles. The highest BCUT2D eigenvalue weighted by Gasteiger charge is 2.28. The van der Waals surface area contributed by atoms with Gasteiger partial charge >= 0.3 is 0 Å². The van der Waals surface area contributed by atoms with E-state index in [1.165, 1.54) is 28.2 Å². The SMILES string of the molecule is CCc1cccc2c1N(CC(=O)N1CCN(C(=O)c3cccs3)CC1)CCC2. The first-order valence-corrected chi connectivity index (χ1v) is 11.0. The van der Waals surface area contributed by atoms with Gasteiger partial charge < -0.3 is 14.7 Å². The molecule has 0 unspecified atom stereocenters. The Bertz CT molecular complexity index is 827. The van der Waals surface area contributed by atoms with E-state index in [0.29, 0.717) is 32.7 Å². The van der Waals surface area contributed by atoms with Crippen molar-refractivity contribution in [1.29, 1.82) is 0 Å². The van der Waals surface area contributed by atoms with Crippen molar-refractivity contribution in [3.05, 3.63) is 51.7 Å². The molecule has 0 aliphatic carbocycles. The molecule has 2 aliphatic heterocycles. The number of fused-ring (bicyclic) bond motifs is 1. The molecule has 0 atom stereocenters. The van der Waals surface area contributed by atoms with Gasteiger partial charge in [0.15, 0.2) is 0 Å². The molecule has 0 N–H and O–H groups in total. The predicted octanol–water partition coefficient (Wildman–Crippen LogP) is 3.05. The molecular formula is C22H27N3O2S. The van der Waals surface area contributed by atoms with E-state index in [0.717, 1.165) is 30.7 Å². The van der Waals surface area contributed by atoms with Gasteiger partial charge in [0, 0.05) is 38.4 Å². The zero-order valence-electron chi connectivity index (χ0n) is 16.4. The van der Waals surface area contributed by atoms with E-state index in [-0.39, 0.29) is 11.8 Å². The number of thiophene rings is 1. The number of amides is 2. The Labute approximate surface area is 170 Å². The Morgan fingerprint density at radius 3 is 2.50 bits per heavy atom. The van der Waals surface area contributed by atoms with Crippen LogP contribution < -0.4 is 4.90 Å². The third-order valence-corrected chi connectivity index (χ3v) is 6.61. The number of aryl methyl sites for hydroxylation is 2. The van der Waals surface area contributed by atoms with Crippen LogP contribution >= 0.6 is 11.3 Å². The van der Waals surface area contributed by atoms with Crippen LogP contribution in [0.5, 0.6) is 0 Å². The average Bonchev–Trinajstić information content (AvgIpc) is 3.28. The molecule has 1 aromatic heterocycles. The minimum atomic E-state index is 0.0830. The number of hydrogen-bond donors (Lipinski definition) is 0. The van der Waals surface area contributed by atoms with Crippen LogP contribution in [0.4, 0.5) is 5.69 Å². The van der Waals surface area contributed by atoms with Crippen LogP contribution in [0.25, 0.3) is 0 Å². The monoisotopic (exact) mass is 397 g/mol. The number of piperazine rings is 1. The summed E-state index contributed by atoms with van der Waals surface area (Å²) in [5.41, 5.74) is 3.97. The fourth-order valence-electron chi connectivity index (χ4n) is 4.25. The van der Waals surface area contributed by atoms with Gasteiger partial charge in [0.05, 0.1) is 11.4 Å². The fraction of sp³-hybridized carbons (Fsp3) is 0.455. The topological polar surface area (TPSA) is 43.9 Å². The number of rotatable bonds is 4. The van der Waals surface area contributed by atoms with Gasteiger partial charge in [-0.05, 0) is 41.8 Å². The molecule has 1 fully saturated rings. The number of carbonyl (C=O) groups excluding carboxylic acids is 2. The van der Waals surface area contributed by atoms with E-state index in [9.17, 15) is 9.59 Å². The first-order chi connectivity index (χ1) is 13.7. The van der Waals surface area contributed by atoms with E-state index in [1.54, 1.807) is 0 Å². The second-order valence-electron chi connectivity index (χ2n) is 7.45. The van der Waals surface area contributed by atoms with Crippen molar-refractivity contribution >= 4 is 28.8 Å². The number of benzene rings is 1. The number of carbonyl (C=O) groups is 2. The second kappa shape index (κ2) is 8.35. The van der Waals surface area contributed by atoms with Crippen molar-refractivity contribution < 1.29 is 9.59 Å². The molecule has 3 heterocycles. The van der Waals surface area contributed by atoms with Crippen LogP contribution in [0.15, 0.2) is 35.7 Å². The van der Waals surface area contributed by atoms with Gasteiger partial charge in [0.1, 0.15) is 0 Å². The minimum Gasteiger partial charge on any atom is -0.362 e. The van der Waals surface area contributed by atoms with Crippen LogP contribution in [0, 0.1) is 0 Å². The van der Waals surface area contributed by atoms with Gasteiger partial charge in [-0.25, -0.2) is 0 Å². The van der Waals surface area contributed by atoms with Gasteiger partial charge in [-0.2, -0.15) is 0 Å². The van der Waals surface area contributed by atoms with Crippen molar-refractivity contribution in [2.24, 2.45) is 0 Å². The average molecular weight is 398 g/mol. The van der Waals surface area contributed by atoms with Crippen LogP contribution in [0.3, 0.4) is 0 Å². The summed E-state index contributed by atoms with van der Waals surface area (Å²) < 4.78 is 0. The Morgan fingerprint density at radius 2 is 1.79 bits per heavy atom. The van der Waals surface area contributed by atoms with Gasteiger partial charge in [0.25, 0.3) is 5.91 Å². The van der Waals surface area contributed by atoms with Gasteiger partial charge in [0.2, 0.25) is 5.91 Å². The van der Waals surface area contributed by atoms with Gasteiger partial charge in [-0.1, -0.05) is 31.2 Å². The molecule has 1 saturated heterocycles. The number of hydrogen-bond acceptors (Lipinski definition) is 4. The number of nitrogens with zero attached hydrogens (tertiary/aromatic N) is 3. The minimum absolute atomic E-state index is 0.0830. The molecule has 2 amide bonds. The smallest absolute Gasteiger partial charge is 0.264 e. The molecule has 6 heteroatoms. The summed E-state index contributed by atoms with van der Waals surface area (Å²) in [5.74, 6) is 0.252. The fourth-order valence-corrected chi connectivity index (χ4v) is 4.94. The van der Waals surface area contributed by atoms with E-state index in [4.69, 9.17) is 0 Å². The van der Waals surface area contributed by atoms with Crippen LogP contribution in [-0.2, 0) is 17.6 Å². The second-order valence-corrected chi connectivity index (χ2v) is 8.40. The normalized spacial score (nSPS) is 16.8. The van der Waals surface area contributed by atoms with Crippen molar-refractivity contribution in [3.63, 3.8) is 0 Å². The lowest BCUT2D eigenvalue weighted by Crippen LogP contribution is -2.53. The maximum absolute atomic E-state index is 13.0. The third kappa shape index (κ3) is 3.78. The van der Waals surface area contributed by atoms with E-state index < -0.39 is 0 Å². The number of para-hydroxylation sites is 1. The third-order valence-electron chi connectivity index (χ3n) is 5.75. The van der Waals surface area contributed by atoms with Gasteiger partial charge in [-0.3, -0.25) is 9.59 Å². The van der Waals surface area contributed by atoms with Crippen molar-refractivity contribution in [3.8, 4) is 0 Å². The standard InChI is InChI=1S/C22H27N3O2S/c1-2-17-6-3-7-18-8-4-10-25(21(17)18)16-20(26)23-11-13-24(14-12-23)22(27)19-9-5-15-28-19/h3,5-7,9,15H,2,4,8,10-14,16H2,1H3. The molecule has 2 aliphatic rings. The summed E-state index contributed by atoms with van der Waals surface area (Å²) in [6, 6.07) is 10.3. The molecule has 5 nitrogen and oxygen atoms in total. The van der Waals surface area contributed by atoms with Crippen LogP contribution in [0.1, 0.15) is 34.1 Å². The molecule has 2 aromatic rings. The Kier molecular flexibility index (Phi) is 5.67. The summed E-state index contributed by atoms with van der Waals surface area (Å²) in [7, 11) is 0. The quantitative estimate of drug-likeness (QED) is 0.797. The first kappa shape index (κ1) is 19.0. The highest BCUT2D eigenvalue weighted by Crippen LogP contribution is 2.31. The lowest BCUT2D eigenvalue weighted by molar-refractivity contribution is -0.131. The van der Waals surface area contributed by atoms with Crippen molar-refractivity contribution in [2.75, 3.05) is 44.2 Å². The van der Waals surface area contributed by atoms with E-state index >= 15 is 0 Å². The summed E-state index contributed by atoms with van der Waals surface area (Å²) in [5, 5.41) is 1.92. The first-order valence-electron chi connectivity index (χ1n) is 10.1. The maximum atomic E-state index is 13.0. The zero-order valence-corrected chi connectivity index (χ0v) is 17.2. The predicted molar refractivity (Wildman–Crippen MR) is 113 cm³/mol. The van der Waals surface area contributed by atoms with Crippen molar-refractivity contribution in [2.45, 2.75) is 26.2 Å². The molecular weight excluding hydrogens is 370 g/mol. The molecule has 0 spiro atoms. The highest BCUT2D eigenvalue weighted by atomic mass is 32.1. The Morgan fingerprint density at radius 1 is 1.00 bits per heavy atom. The lowest BCUT2D eigenvalue weighted by Gasteiger charge is -2.37. The molecule has 28 heavy (non-hydrogen) atoms. The van der Waals surface area contributed by atoms with E-state index in [2.05, 4.69) is 30.0 Å². The zero-order chi connectivity index (χ0) is 19.5. The summed E-state index contributed by atoms with van der Waals surface area (Å²) in [4.78, 5) is 32.3. The molecule has 0 bridgehead atoms. The summed E-state index contributed by atoms with van der Waals surface area (Å²) in [6.45, 7) is 6.00. The highest BCUT2D eigenvalue weighted by molar-refractivity contribution is 7.12. The Hall–Kier alpha value is -2.34. The molecule has 4 rings (SSSR count). The largest absolute Gasteiger partial charge is 0.362 e. The summed E-state index contributed by atoms with van der Waals surface area (Å²) >= 11 is 1.47. The maximum Gasteiger partial charge on any atom is 0.264 e. The molecule has 0 saturated carbocycles. The van der Waals surface area contributed by atoms with Gasteiger partial charge in [-0.15, -0.1) is 11.3 Å². The van der Waals surface area contributed by atoms with Crippen molar-refractivity contribution in [1.82, 2.24) is 9.80 Å².